The van der Waals surface area contributed by atoms with Crippen LogP contribution in [0, 0.1) is 0 Å². The summed E-state index contributed by atoms with van der Waals surface area (Å²) < 4.78 is 5.28. The lowest BCUT2D eigenvalue weighted by atomic mass is 9.88. The van der Waals surface area contributed by atoms with E-state index in [-0.39, 0.29) is 18.2 Å². The molecule has 0 saturated carbocycles. The molecule has 0 bridgehead atoms. The van der Waals surface area contributed by atoms with E-state index in [4.69, 9.17) is 39.2 Å². The monoisotopic (exact) mass is 446 g/mol. The van der Waals surface area contributed by atoms with Crippen molar-refractivity contribution < 1.29 is 9.21 Å². The summed E-state index contributed by atoms with van der Waals surface area (Å²) in [6.45, 7) is 0.333. The second kappa shape index (κ2) is 8.54. The van der Waals surface area contributed by atoms with E-state index in [2.05, 4.69) is 10.3 Å². The van der Waals surface area contributed by atoms with Crippen molar-refractivity contribution in [1.82, 2.24) is 10.3 Å². The van der Waals surface area contributed by atoms with Gasteiger partial charge in [-0.05, 0) is 53.6 Å². The molecule has 7 heteroatoms. The quantitative estimate of drug-likeness (QED) is 0.351. The van der Waals surface area contributed by atoms with Gasteiger partial charge in [-0.15, -0.1) is 0 Å². The van der Waals surface area contributed by atoms with Gasteiger partial charge < -0.3 is 14.7 Å². The summed E-state index contributed by atoms with van der Waals surface area (Å²) in [4.78, 5) is 16.0. The minimum Gasteiger partial charge on any atom is -0.467 e. The molecule has 2 aromatic carbocycles. The average Bonchev–Trinajstić information content (AvgIpc) is 3.36. The number of halogens is 3. The molecule has 0 saturated heterocycles. The molecule has 29 heavy (non-hydrogen) atoms. The maximum Gasteiger partial charge on any atom is 0.221 e. The summed E-state index contributed by atoms with van der Waals surface area (Å²) in [6.07, 6.45) is 3.72. The van der Waals surface area contributed by atoms with Gasteiger partial charge >= 0.3 is 0 Å². The lowest BCUT2D eigenvalue weighted by molar-refractivity contribution is -0.121. The molecule has 0 spiro atoms. The highest BCUT2D eigenvalue weighted by Gasteiger charge is 2.22. The number of furan rings is 1. The smallest absolute Gasteiger partial charge is 0.221 e. The van der Waals surface area contributed by atoms with Crippen LogP contribution in [0.25, 0.3) is 10.9 Å². The van der Waals surface area contributed by atoms with Crippen molar-refractivity contribution >= 4 is 51.6 Å². The zero-order valence-electron chi connectivity index (χ0n) is 15.2. The van der Waals surface area contributed by atoms with E-state index in [1.165, 1.54) is 0 Å². The standard InChI is InChI=1S/C22H17Cl3N2O2/c23-14-4-6-21-17(9-14)18(12-26-21)16(13-3-5-19(24)20(25)8-13)10-22(28)27-11-15-2-1-7-29-15/h1-9,12,16,26H,10-11H2,(H,27,28)/t16-/m1/s1. The molecule has 4 nitrogen and oxygen atoms in total. The van der Waals surface area contributed by atoms with Gasteiger partial charge in [-0.3, -0.25) is 4.79 Å². The van der Waals surface area contributed by atoms with Crippen LogP contribution in [0.4, 0.5) is 0 Å². The molecule has 4 rings (SSSR count). The number of H-pyrrole nitrogens is 1. The van der Waals surface area contributed by atoms with E-state index in [9.17, 15) is 4.79 Å². The highest BCUT2D eigenvalue weighted by molar-refractivity contribution is 6.42. The molecule has 1 atom stereocenters. The minimum atomic E-state index is -0.228. The number of rotatable bonds is 6. The van der Waals surface area contributed by atoms with Crippen molar-refractivity contribution in [3.05, 3.63) is 92.9 Å². The van der Waals surface area contributed by atoms with Crippen LogP contribution in [0.2, 0.25) is 15.1 Å². The Balaban J connectivity index is 1.67. The zero-order valence-corrected chi connectivity index (χ0v) is 17.5. The second-order valence-electron chi connectivity index (χ2n) is 6.72. The first-order valence-electron chi connectivity index (χ1n) is 9.02. The number of carbonyl (C=O) groups is 1. The summed E-state index contributed by atoms with van der Waals surface area (Å²) in [7, 11) is 0. The van der Waals surface area contributed by atoms with Crippen LogP contribution in [-0.2, 0) is 11.3 Å². The summed E-state index contributed by atoms with van der Waals surface area (Å²) in [5, 5.41) is 5.42. The van der Waals surface area contributed by atoms with E-state index >= 15 is 0 Å². The van der Waals surface area contributed by atoms with Gasteiger partial charge in [0.05, 0.1) is 22.9 Å². The largest absolute Gasteiger partial charge is 0.467 e. The number of nitrogens with one attached hydrogen (secondary N) is 2. The van der Waals surface area contributed by atoms with Gasteiger partial charge in [-0.1, -0.05) is 40.9 Å². The molecule has 2 heterocycles. The van der Waals surface area contributed by atoms with Crippen LogP contribution < -0.4 is 5.32 Å². The van der Waals surface area contributed by atoms with Crippen LogP contribution in [0.1, 0.15) is 29.2 Å². The Morgan fingerprint density at radius 1 is 1.07 bits per heavy atom. The highest BCUT2D eigenvalue weighted by atomic mass is 35.5. The van der Waals surface area contributed by atoms with E-state index in [1.807, 2.05) is 36.5 Å². The summed E-state index contributed by atoms with van der Waals surface area (Å²) in [5.74, 6) is 0.366. The maximum absolute atomic E-state index is 12.7. The van der Waals surface area contributed by atoms with Gasteiger partial charge in [0.1, 0.15) is 5.76 Å². The highest BCUT2D eigenvalue weighted by Crippen LogP contribution is 2.36. The van der Waals surface area contributed by atoms with Crippen molar-refractivity contribution in [2.45, 2.75) is 18.9 Å². The van der Waals surface area contributed by atoms with E-state index in [0.717, 1.165) is 22.0 Å². The molecule has 0 aliphatic rings. The fourth-order valence-electron chi connectivity index (χ4n) is 3.40. The molecule has 0 unspecified atom stereocenters. The molecule has 0 aliphatic heterocycles. The molecule has 2 N–H and O–H groups in total. The molecule has 0 radical (unpaired) electrons. The number of hydrogen-bond acceptors (Lipinski definition) is 2. The van der Waals surface area contributed by atoms with E-state index < -0.39 is 0 Å². The SMILES string of the molecule is O=C(C[C@H](c1ccc(Cl)c(Cl)c1)c1c[nH]c2ccc(Cl)cc12)NCc1ccco1. The molecule has 148 valence electrons. The number of benzene rings is 2. The van der Waals surface area contributed by atoms with Crippen LogP contribution in [0.5, 0.6) is 0 Å². The first kappa shape index (κ1) is 19.9. The topological polar surface area (TPSA) is 58.0 Å². The molecule has 4 aromatic rings. The molecule has 1 amide bonds. The summed E-state index contributed by atoms with van der Waals surface area (Å²) in [5.41, 5.74) is 2.81. The minimum absolute atomic E-state index is 0.103. The predicted octanol–water partition coefficient (Wildman–Crippen LogP) is 6.56. The van der Waals surface area contributed by atoms with Crippen LogP contribution >= 0.6 is 34.8 Å². The maximum atomic E-state index is 12.7. The lowest BCUT2D eigenvalue weighted by Gasteiger charge is -2.18. The number of amides is 1. The van der Waals surface area contributed by atoms with E-state index in [1.54, 1.807) is 24.5 Å². The van der Waals surface area contributed by atoms with Gasteiger partial charge in [0.15, 0.2) is 0 Å². The number of fused-ring (bicyclic) bond motifs is 1. The Labute approximate surface area is 182 Å². The third-order valence-electron chi connectivity index (χ3n) is 4.83. The first-order valence-corrected chi connectivity index (χ1v) is 10.1. The Kier molecular flexibility index (Phi) is 5.86. The van der Waals surface area contributed by atoms with Gasteiger partial charge in [0.2, 0.25) is 5.91 Å². The Bertz CT molecular complexity index is 1150. The van der Waals surface area contributed by atoms with Crippen LogP contribution in [0.3, 0.4) is 0 Å². The summed E-state index contributed by atoms with van der Waals surface area (Å²) >= 11 is 18.6. The van der Waals surface area contributed by atoms with Gasteiger partial charge in [0, 0.05) is 34.5 Å². The second-order valence-corrected chi connectivity index (χ2v) is 7.97. The third-order valence-corrected chi connectivity index (χ3v) is 5.80. The molecule has 0 fully saturated rings. The van der Waals surface area contributed by atoms with Crippen molar-refractivity contribution in [3.8, 4) is 0 Å². The predicted molar refractivity (Wildman–Crippen MR) is 117 cm³/mol. The van der Waals surface area contributed by atoms with Gasteiger partial charge in [0.25, 0.3) is 0 Å². The van der Waals surface area contributed by atoms with Crippen molar-refractivity contribution in [2.24, 2.45) is 0 Å². The third kappa shape index (κ3) is 4.45. The van der Waals surface area contributed by atoms with Crippen LogP contribution in [-0.4, -0.2) is 10.9 Å². The zero-order chi connectivity index (χ0) is 20.4. The number of carbonyl (C=O) groups excluding carboxylic acids is 1. The number of aromatic amines is 1. The molecule has 0 aliphatic carbocycles. The van der Waals surface area contributed by atoms with E-state index in [0.29, 0.717) is 27.4 Å². The molecular weight excluding hydrogens is 431 g/mol. The molecule has 2 aromatic heterocycles. The van der Waals surface area contributed by atoms with Crippen LogP contribution in [0.15, 0.2) is 65.4 Å². The number of hydrogen-bond donors (Lipinski definition) is 2. The Hall–Kier alpha value is -2.40. The average molecular weight is 448 g/mol. The fraction of sp³-hybridized carbons (Fsp3) is 0.136. The Morgan fingerprint density at radius 3 is 2.69 bits per heavy atom. The first-order chi connectivity index (χ1) is 14.0. The fourth-order valence-corrected chi connectivity index (χ4v) is 3.87. The van der Waals surface area contributed by atoms with Gasteiger partial charge in [-0.2, -0.15) is 0 Å². The number of aromatic nitrogens is 1. The lowest BCUT2D eigenvalue weighted by Crippen LogP contribution is -2.24. The van der Waals surface area contributed by atoms with Crippen molar-refractivity contribution in [2.75, 3.05) is 0 Å². The van der Waals surface area contributed by atoms with Crippen molar-refractivity contribution in [3.63, 3.8) is 0 Å². The van der Waals surface area contributed by atoms with Crippen molar-refractivity contribution in [1.29, 1.82) is 0 Å². The normalized spacial score (nSPS) is 12.2. The Morgan fingerprint density at radius 2 is 1.93 bits per heavy atom. The van der Waals surface area contributed by atoms with Gasteiger partial charge in [-0.25, -0.2) is 0 Å². The molecular formula is C22H17Cl3N2O2. The summed E-state index contributed by atoms with van der Waals surface area (Å²) in [6, 6.07) is 14.7.